The van der Waals surface area contributed by atoms with Gasteiger partial charge in [0.2, 0.25) is 0 Å². The SMILES string of the molecule is CN(C(=O)c1ccc(Cl)cc1Br)c1ccccn1. The first kappa shape index (κ1) is 13.1. The number of hydrogen-bond acceptors (Lipinski definition) is 2. The van der Waals surface area contributed by atoms with Crippen LogP contribution in [-0.4, -0.2) is 17.9 Å². The number of halogens is 2. The maximum Gasteiger partial charge on any atom is 0.260 e. The van der Waals surface area contributed by atoms with E-state index in [1.807, 2.05) is 6.07 Å². The first-order valence-electron chi connectivity index (χ1n) is 5.24. The van der Waals surface area contributed by atoms with Crippen molar-refractivity contribution in [2.75, 3.05) is 11.9 Å². The molecule has 0 aliphatic rings. The lowest BCUT2D eigenvalue weighted by molar-refractivity contribution is 0.0991. The predicted octanol–water partition coefficient (Wildman–Crippen LogP) is 3.77. The van der Waals surface area contributed by atoms with Gasteiger partial charge in [-0.3, -0.25) is 9.69 Å². The van der Waals surface area contributed by atoms with Crippen LogP contribution in [0.3, 0.4) is 0 Å². The third kappa shape index (κ3) is 2.71. The summed E-state index contributed by atoms with van der Waals surface area (Å²) in [6, 6.07) is 10.5. The number of anilines is 1. The van der Waals surface area contributed by atoms with Crippen molar-refractivity contribution in [2.24, 2.45) is 0 Å². The number of aromatic nitrogens is 1. The molecule has 0 aliphatic carbocycles. The summed E-state index contributed by atoms with van der Waals surface area (Å²) >= 11 is 9.19. The Morgan fingerprint density at radius 1 is 1.33 bits per heavy atom. The Kier molecular flexibility index (Phi) is 3.99. The second kappa shape index (κ2) is 5.50. The number of carbonyl (C=O) groups is 1. The second-order valence-corrected chi connectivity index (χ2v) is 4.97. The number of carbonyl (C=O) groups excluding carboxylic acids is 1. The van der Waals surface area contributed by atoms with E-state index >= 15 is 0 Å². The Morgan fingerprint density at radius 3 is 2.72 bits per heavy atom. The average Bonchev–Trinajstić information content (AvgIpc) is 2.38. The highest BCUT2D eigenvalue weighted by Gasteiger charge is 2.16. The second-order valence-electron chi connectivity index (χ2n) is 3.68. The normalized spacial score (nSPS) is 10.2. The number of hydrogen-bond donors (Lipinski definition) is 0. The van der Waals surface area contributed by atoms with Crippen molar-refractivity contribution < 1.29 is 4.79 Å². The van der Waals surface area contributed by atoms with Crippen LogP contribution in [0.2, 0.25) is 5.02 Å². The molecule has 0 saturated carbocycles. The predicted molar refractivity (Wildman–Crippen MR) is 76.1 cm³/mol. The van der Waals surface area contributed by atoms with Crippen molar-refractivity contribution in [2.45, 2.75) is 0 Å². The molecular formula is C13H10BrClN2O. The summed E-state index contributed by atoms with van der Waals surface area (Å²) in [6.07, 6.45) is 1.65. The van der Waals surface area contributed by atoms with Gasteiger partial charge in [0, 0.05) is 22.7 Å². The Labute approximate surface area is 119 Å². The zero-order valence-electron chi connectivity index (χ0n) is 9.60. The smallest absolute Gasteiger partial charge is 0.260 e. The molecule has 92 valence electrons. The Bertz CT molecular complexity index is 574. The fraction of sp³-hybridized carbons (Fsp3) is 0.0769. The van der Waals surface area contributed by atoms with E-state index in [4.69, 9.17) is 11.6 Å². The molecule has 18 heavy (non-hydrogen) atoms. The molecule has 0 fully saturated rings. The molecule has 2 aromatic rings. The van der Waals surface area contributed by atoms with Crippen molar-refractivity contribution in [3.8, 4) is 0 Å². The van der Waals surface area contributed by atoms with Gasteiger partial charge < -0.3 is 0 Å². The molecule has 0 saturated heterocycles. The van der Waals surface area contributed by atoms with E-state index in [0.29, 0.717) is 20.9 Å². The van der Waals surface area contributed by atoms with Crippen LogP contribution in [0.5, 0.6) is 0 Å². The summed E-state index contributed by atoms with van der Waals surface area (Å²) in [4.78, 5) is 17.9. The molecule has 0 radical (unpaired) electrons. The van der Waals surface area contributed by atoms with Gasteiger partial charge in [-0.2, -0.15) is 0 Å². The lowest BCUT2D eigenvalue weighted by Crippen LogP contribution is -2.27. The number of benzene rings is 1. The van der Waals surface area contributed by atoms with Gasteiger partial charge in [0.15, 0.2) is 0 Å². The highest BCUT2D eigenvalue weighted by atomic mass is 79.9. The van der Waals surface area contributed by atoms with E-state index in [1.54, 1.807) is 43.6 Å². The van der Waals surface area contributed by atoms with Gasteiger partial charge in [0.25, 0.3) is 5.91 Å². The number of amides is 1. The zero-order valence-corrected chi connectivity index (χ0v) is 11.9. The molecule has 0 unspecified atom stereocenters. The summed E-state index contributed by atoms with van der Waals surface area (Å²) in [5.41, 5.74) is 0.549. The minimum atomic E-state index is -0.141. The van der Waals surface area contributed by atoms with Crippen LogP contribution in [0.25, 0.3) is 0 Å². The highest BCUT2D eigenvalue weighted by Crippen LogP contribution is 2.23. The lowest BCUT2D eigenvalue weighted by atomic mass is 10.2. The van der Waals surface area contributed by atoms with Crippen molar-refractivity contribution in [3.05, 3.63) is 57.7 Å². The molecule has 0 aliphatic heterocycles. The molecule has 2 rings (SSSR count). The minimum absolute atomic E-state index is 0.141. The third-order valence-electron chi connectivity index (χ3n) is 2.46. The number of pyridine rings is 1. The molecule has 0 bridgehead atoms. The van der Waals surface area contributed by atoms with Gasteiger partial charge in [-0.1, -0.05) is 17.7 Å². The van der Waals surface area contributed by atoms with Crippen LogP contribution in [0.1, 0.15) is 10.4 Å². The van der Waals surface area contributed by atoms with E-state index < -0.39 is 0 Å². The quantitative estimate of drug-likeness (QED) is 0.842. The molecule has 1 heterocycles. The van der Waals surface area contributed by atoms with Gasteiger partial charge in [0.1, 0.15) is 5.82 Å². The molecular weight excluding hydrogens is 316 g/mol. The van der Waals surface area contributed by atoms with Crippen molar-refractivity contribution in [3.63, 3.8) is 0 Å². The minimum Gasteiger partial charge on any atom is -0.296 e. The van der Waals surface area contributed by atoms with Crippen LogP contribution in [0.15, 0.2) is 47.1 Å². The molecule has 1 aromatic carbocycles. The van der Waals surface area contributed by atoms with E-state index in [9.17, 15) is 4.79 Å². The van der Waals surface area contributed by atoms with Crippen molar-refractivity contribution in [1.82, 2.24) is 4.98 Å². The largest absolute Gasteiger partial charge is 0.296 e. The monoisotopic (exact) mass is 324 g/mol. The third-order valence-corrected chi connectivity index (χ3v) is 3.35. The molecule has 3 nitrogen and oxygen atoms in total. The Balaban J connectivity index is 2.32. The fourth-order valence-corrected chi connectivity index (χ4v) is 2.35. The van der Waals surface area contributed by atoms with Crippen LogP contribution in [0.4, 0.5) is 5.82 Å². The van der Waals surface area contributed by atoms with Crippen LogP contribution in [0, 0.1) is 0 Å². The standard InChI is InChI=1S/C13H10BrClN2O/c1-17(12-4-2-3-7-16-12)13(18)10-6-5-9(15)8-11(10)14/h2-8H,1H3. The molecule has 1 aromatic heterocycles. The molecule has 0 N–H and O–H groups in total. The fourth-order valence-electron chi connectivity index (χ4n) is 1.50. The number of nitrogens with zero attached hydrogens (tertiary/aromatic N) is 2. The van der Waals surface area contributed by atoms with Gasteiger partial charge >= 0.3 is 0 Å². The van der Waals surface area contributed by atoms with Crippen LogP contribution in [-0.2, 0) is 0 Å². The average molecular weight is 326 g/mol. The summed E-state index contributed by atoms with van der Waals surface area (Å²) < 4.78 is 0.669. The highest BCUT2D eigenvalue weighted by molar-refractivity contribution is 9.10. The van der Waals surface area contributed by atoms with Crippen molar-refractivity contribution in [1.29, 1.82) is 0 Å². The molecule has 0 spiro atoms. The van der Waals surface area contributed by atoms with Crippen LogP contribution < -0.4 is 4.90 Å². The van der Waals surface area contributed by atoms with Crippen LogP contribution >= 0.6 is 27.5 Å². The summed E-state index contributed by atoms with van der Waals surface area (Å²) in [5, 5.41) is 0.582. The summed E-state index contributed by atoms with van der Waals surface area (Å²) in [6.45, 7) is 0. The van der Waals surface area contributed by atoms with Gasteiger partial charge in [0.05, 0.1) is 5.56 Å². The molecule has 0 atom stereocenters. The van der Waals surface area contributed by atoms with Gasteiger partial charge in [-0.25, -0.2) is 4.98 Å². The number of rotatable bonds is 2. The molecule has 1 amide bonds. The van der Waals surface area contributed by atoms with Gasteiger partial charge in [-0.15, -0.1) is 0 Å². The summed E-state index contributed by atoms with van der Waals surface area (Å²) in [7, 11) is 1.69. The maximum atomic E-state index is 12.3. The first-order chi connectivity index (χ1) is 8.59. The lowest BCUT2D eigenvalue weighted by Gasteiger charge is -2.16. The van der Waals surface area contributed by atoms with E-state index in [2.05, 4.69) is 20.9 Å². The Morgan fingerprint density at radius 2 is 2.11 bits per heavy atom. The van der Waals surface area contributed by atoms with Crippen molar-refractivity contribution >= 4 is 39.3 Å². The maximum absolute atomic E-state index is 12.3. The van der Waals surface area contributed by atoms with Gasteiger partial charge in [-0.05, 0) is 46.3 Å². The zero-order chi connectivity index (χ0) is 13.1. The Hall–Kier alpha value is -1.39. The molecule has 5 heteroatoms. The van der Waals surface area contributed by atoms with E-state index in [1.165, 1.54) is 4.90 Å². The topological polar surface area (TPSA) is 33.2 Å². The summed E-state index contributed by atoms with van der Waals surface area (Å²) in [5.74, 6) is 0.460. The van der Waals surface area contributed by atoms with E-state index in [-0.39, 0.29) is 5.91 Å². The van der Waals surface area contributed by atoms with E-state index in [0.717, 1.165) is 0 Å². The first-order valence-corrected chi connectivity index (χ1v) is 6.41.